The molecule has 1 N–H and O–H groups in total. The van der Waals surface area contributed by atoms with Gasteiger partial charge in [0, 0.05) is 18.3 Å². The van der Waals surface area contributed by atoms with Gasteiger partial charge >= 0.3 is 0 Å². The molecule has 0 aromatic carbocycles. The van der Waals surface area contributed by atoms with Crippen molar-refractivity contribution in [2.45, 2.75) is 19.9 Å². The van der Waals surface area contributed by atoms with E-state index in [0.29, 0.717) is 6.04 Å². The molecule has 3 nitrogen and oxygen atoms in total. The highest BCUT2D eigenvalue weighted by Gasteiger charge is 2.14. The van der Waals surface area contributed by atoms with Crippen molar-refractivity contribution >= 4 is 16.9 Å². The predicted octanol–water partition coefficient (Wildman–Crippen LogP) is 1.02. The smallest absolute Gasteiger partial charge is 0.156 e. The van der Waals surface area contributed by atoms with E-state index in [1.54, 1.807) is 0 Å². The molecular formula is C9H19N3S. The lowest BCUT2D eigenvalue weighted by Crippen LogP contribution is -2.25. The van der Waals surface area contributed by atoms with Crippen molar-refractivity contribution in [2.24, 2.45) is 4.99 Å². The minimum absolute atomic E-state index is 0.590. The van der Waals surface area contributed by atoms with Crippen molar-refractivity contribution in [3.63, 3.8) is 0 Å². The van der Waals surface area contributed by atoms with Gasteiger partial charge in [0.25, 0.3) is 0 Å². The average Bonchev–Trinajstić information content (AvgIpc) is 2.51. The maximum atomic E-state index is 4.49. The zero-order chi connectivity index (χ0) is 9.68. The van der Waals surface area contributed by atoms with Crippen LogP contribution in [0.2, 0.25) is 0 Å². The monoisotopic (exact) mass is 201 g/mol. The maximum Gasteiger partial charge on any atom is 0.156 e. The molecule has 13 heavy (non-hydrogen) atoms. The molecule has 1 aliphatic rings. The first-order valence-electron chi connectivity index (χ1n) is 4.84. The van der Waals surface area contributed by atoms with Crippen molar-refractivity contribution in [3.8, 4) is 0 Å². The molecule has 1 rings (SSSR count). The Morgan fingerprint density at radius 1 is 1.69 bits per heavy atom. The third-order valence-corrected chi connectivity index (χ3v) is 3.30. The van der Waals surface area contributed by atoms with Crippen molar-refractivity contribution in [2.75, 3.05) is 32.4 Å². The lowest BCUT2D eigenvalue weighted by molar-refractivity contribution is 0.363. The summed E-state index contributed by atoms with van der Waals surface area (Å²) in [5.41, 5.74) is 0. The first kappa shape index (κ1) is 10.9. The van der Waals surface area contributed by atoms with Crippen LogP contribution in [0.5, 0.6) is 0 Å². The summed E-state index contributed by atoms with van der Waals surface area (Å²) in [7, 11) is 2.12. The van der Waals surface area contributed by atoms with Gasteiger partial charge in [0.05, 0.1) is 6.54 Å². The van der Waals surface area contributed by atoms with E-state index >= 15 is 0 Å². The largest absolute Gasteiger partial charge is 0.362 e. The normalized spacial score (nSPS) is 25.5. The number of nitrogens with one attached hydrogen (secondary N) is 1. The van der Waals surface area contributed by atoms with Gasteiger partial charge in [0.1, 0.15) is 0 Å². The summed E-state index contributed by atoms with van der Waals surface area (Å²) in [6.07, 6.45) is 0. The number of aliphatic imine (C=N–C) groups is 1. The highest BCUT2D eigenvalue weighted by molar-refractivity contribution is 8.14. The molecule has 0 aliphatic carbocycles. The molecule has 76 valence electrons. The topological polar surface area (TPSA) is 27.6 Å². The van der Waals surface area contributed by atoms with Gasteiger partial charge in [-0.05, 0) is 20.5 Å². The number of thioether (sulfide) groups is 1. The Morgan fingerprint density at radius 3 is 3.00 bits per heavy atom. The fourth-order valence-electron chi connectivity index (χ4n) is 1.07. The second-order valence-corrected chi connectivity index (χ2v) is 4.45. The summed E-state index contributed by atoms with van der Waals surface area (Å²) in [6, 6.07) is 0.590. The zero-order valence-corrected chi connectivity index (χ0v) is 9.52. The number of likely N-dealkylation sites (N-methyl/N-ethyl adjacent to an activating group) is 1. The minimum atomic E-state index is 0.590. The lowest BCUT2D eigenvalue weighted by Gasteiger charge is -2.11. The zero-order valence-electron chi connectivity index (χ0n) is 8.71. The van der Waals surface area contributed by atoms with E-state index in [4.69, 9.17) is 0 Å². The van der Waals surface area contributed by atoms with Crippen LogP contribution >= 0.6 is 11.8 Å². The van der Waals surface area contributed by atoms with E-state index in [1.165, 1.54) is 0 Å². The molecule has 1 heterocycles. The van der Waals surface area contributed by atoms with Crippen LogP contribution in [0.25, 0.3) is 0 Å². The summed E-state index contributed by atoms with van der Waals surface area (Å²) < 4.78 is 0. The van der Waals surface area contributed by atoms with Gasteiger partial charge in [-0.1, -0.05) is 18.7 Å². The number of hydrogen-bond donors (Lipinski definition) is 1. The second-order valence-electron chi connectivity index (χ2n) is 3.44. The fraction of sp³-hybridized carbons (Fsp3) is 0.889. The Hall–Kier alpha value is -0.220. The van der Waals surface area contributed by atoms with Crippen LogP contribution in [-0.4, -0.2) is 48.5 Å². The van der Waals surface area contributed by atoms with Gasteiger partial charge in [0.15, 0.2) is 5.17 Å². The number of amidine groups is 1. The minimum Gasteiger partial charge on any atom is -0.362 e. The molecule has 0 amide bonds. The van der Waals surface area contributed by atoms with Gasteiger partial charge in [-0.2, -0.15) is 0 Å². The van der Waals surface area contributed by atoms with Crippen LogP contribution in [-0.2, 0) is 0 Å². The second kappa shape index (κ2) is 5.50. The summed E-state index contributed by atoms with van der Waals surface area (Å²) in [6.45, 7) is 7.41. The molecule has 1 unspecified atom stereocenters. The average molecular weight is 201 g/mol. The molecule has 1 fully saturated rings. The van der Waals surface area contributed by atoms with E-state index < -0.39 is 0 Å². The Bertz CT molecular complexity index is 182. The molecule has 1 saturated heterocycles. The number of hydrogen-bond acceptors (Lipinski definition) is 3. The molecule has 4 heteroatoms. The molecule has 0 aromatic rings. The SMILES string of the molecule is CCN(C)CCN=C1NC(C)CS1. The summed E-state index contributed by atoms with van der Waals surface area (Å²) in [5.74, 6) is 1.16. The lowest BCUT2D eigenvalue weighted by atomic mass is 10.4. The Morgan fingerprint density at radius 2 is 2.46 bits per heavy atom. The van der Waals surface area contributed by atoms with E-state index in [1.807, 2.05) is 11.8 Å². The molecule has 0 radical (unpaired) electrons. The van der Waals surface area contributed by atoms with Crippen LogP contribution in [0.3, 0.4) is 0 Å². The van der Waals surface area contributed by atoms with E-state index in [9.17, 15) is 0 Å². The predicted molar refractivity (Wildman–Crippen MR) is 60.5 cm³/mol. The van der Waals surface area contributed by atoms with Crippen molar-refractivity contribution in [1.82, 2.24) is 10.2 Å². The highest BCUT2D eigenvalue weighted by Crippen LogP contribution is 2.12. The molecule has 0 bridgehead atoms. The van der Waals surface area contributed by atoms with E-state index in [-0.39, 0.29) is 0 Å². The van der Waals surface area contributed by atoms with Crippen molar-refractivity contribution < 1.29 is 0 Å². The quantitative estimate of drug-likeness (QED) is 0.736. The van der Waals surface area contributed by atoms with Crippen LogP contribution in [0.4, 0.5) is 0 Å². The summed E-state index contributed by atoms with van der Waals surface area (Å²) in [5, 5.41) is 4.46. The van der Waals surface area contributed by atoms with Gasteiger partial charge < -0.3 is 10.2 Å². The van der Waals surface area contributed by atoms with E-state index in [0.717, 1.165) is 30.6 Å². The van der Waals surface area contributed by atoms with Crippen LogP contribution in [0.15, 0.2) is 4.99 Å². The van der Waals surface area contributed by atoms with Gasteiger partial charge in [0.2, 0.25) is 0 Å². The first-order chi connectivity index (χ1) is 6.22. The standard InChI is InChI=1S/C9H19N3S/c1-4-12(3)6-5-10-9-11-8(2)7-13-9/h8H,4-7H2,1-3H3,(H,10,11). The first-order valence-corrected chi connectivity index (χ1v) is 5.83. The van der Waals surface area contributed by atoms with Gasteiger partial charge in [-0.25, -0.2) is 0 Å². The van der Waals surface area contributed by atoms with Gasteiger partial charge in [-0.3, -0.25) is 4.99 Å². The number of nitrogens with zero attached hydrogens (tertiary/aromatic N) is 2. The van der Waals surface area contributed by atoms with E-state index in [2.05, 4.69) is 36.1 Å². The third-order valence-electron chi connectivity index (χ3n) is 2.12. The number of rotatable bonds is 4. The van der Waals surface area contributed by atoms with Crippen LogP contribution in [0.1, 0.15) is 13.8 Å². The molecule has 1 atom stereocenters. The Kier molecular flexibility index (Phi) is 4.59. The molecule has 0 aromatic heterocycles. The van der Waals surface area contributed by atoms with Crippen molar-refractivity contribution in [1.29, 1.82) is 0 Å². The highest BCUT2D eigenvalue weighted by atomic mass is 32.2. The summed E-state index contributed by atoms with van der Waals surface area (Å²) in [4.78, 5) is 6.76. The summed E-state index contributed by atoms with van der Waals surface area (Å²) >= 11 is 1.83. The van der Waals surface area contributed by atoms with Crippen LogP contribution < -0.4 is 5.32 Å². The Labute approximate surface area is 85.0 Å². The Balaban J connectivity index is 2.17. The van der Waals surface area contributed by atoms with Gasteiger partial charge in [-0.15, -0.1) is 0 Å². The molecule has 1 aliphatic heterocycles. The third kappa shape index (κ3) is 4.00. The maximum absolute atomic E-state index is 4.49. The molecular weight excluding hydrogens is 182 g/mol. The molecule has 0 saturated carbocycles. The van der Waals surface area contributed by atoms with Crippen molar-refractivity contribution in [3.05, 3.63) is 0 Å². The molecule has 0 spiro atoms. The van der Waals surface area contributed by atoms with Crippen LogP contribution in [0, 0.1) is 0 Å². The fourth-order valence-corrected chi connectivity index (χ4v) is 2.03.